The van der Waals surface area contributed by atoms with Gasteiger partial charge in [-0.25, -0.2) is 0 Å². The third kappa shape index (κ3) is 5.72. The number of nitrogens with zero attached hydrogens (tertiary/aromatic N) is 1. The zero-order valence-electron chi connectivity index (χ0n) is 12.7. The lowest BCUT2D eigenvalue weighted by Crippen LogP contribution is -2.39. The highest BCUT2D eigenvalue weighted by atomic mass is 16.3. The Morgan fingerprint density at radius 1 is 1.30 bits per heavy atom. The van der Waals surface area contributed by atoms with Crippen LogP contribution in [-0.4, -0.2) is 41.7 Å². The molecule has 0 saturated carbocycles. The summed E-state index contributed by atoms with van der Waals surface area (Å²) >= 11 is 0. The van der Waals surface area contributed by atoms with E-state index in [2.05, 4.69) is 12.2 Å². The second kappa shape index (κ2) is 8.72. The van der Waals surface area contributed by atoms with Gasteiger partial charge >= 0.3 is 0 Å². The summed E-state index contributed by atoms with van der Waals surface area (Å²) in [7, 11) is 0. The standard InChI is InChI=1S/C16H26N2O2/c1-4-5-14-6-8-15(9-7-14)17-16(20)12-18(10-11-19)13(2)3/h6-9,13,19H,4-5,10-12H2,1-3H3,(H,17,20). The monoisotopic (exact) mass is 278 g/mol. The maximum atomic E-state index is 12.0. The molecule has 20 heavy (non-hydrogen) atoms. The average molecular weight is 278 g/mol. The molecule has 0 aromatic heterocycles. The van der Waals surface area contributed by atoms with Crippen LogP contribution in [0.5, 0.6) is 0 Å². The zero-order valence-corrected chi connectivity index (χ0v) is 12.7. The smallest absolute Gasteiger partial charge is 0.238 e. The predicted molar refractivity (Wildman–Crippen MR) is 82.9 cm³/mol. The minimum absolute atomic E-state index is 0.0459. The number of nitrogens with one attached hydrogen (secondary N) is 1. The van der Waals surface area contributed by atoms with Crippen molar-refractivity contribution < 1.29 is 9.90 Å². The van der Waals surface area contributed by atoms with Gasteiger partial charge < -0.3 is 10.4 Å². The van der Waals surface area contributed by atoms with Crippen LogP contribution in [0.15, 0.2) is 24.3 Å². The molecule has 0 aliphatic rings. The maximum Gasteiger partial charge on any atom is 0.238 e. The lowest BCUT2D eigenvalue weighted by molar-refractivity contribution is -0.117. The van der Waals surface area contributed by atoms with Gasteiger partial charge in [-0.3, -0.25) is 9.69 Å². The summed E-state index contributed by atoms with van der Waals surface area (Å²) in [6, 6.07) is 8.21. The minimum Gasteiger partial charge on any atom is -0.395 e. The van der Waals surface area contributed by atoms with E-state index in [1.165, 1.54) is 5.56 Å². The van der Waals surface area contributed by atoms with Crippen molar-refractivity contribution in [1.29, 1.82) is 0 Å². The zero-order chi connectivity index (χ0) is 15.0. The molecular weight excluding hydrogens is 252 g/mol. The van der Waals surface area contributed by atoms with Crippen molar-refractivity contribution in [3.63, 3.8) is 0 Å². The summed E-state index contributed by atoms with van der Waals surface area (Å²) in [5, 5.41) is 11.9. The molecule has 0 aliphatic carbocycles. The summed E-state index contributed by atoms with van der Waals surface area (Å²) in [6.45, 7) is 7.06. The maximum absolute atomic E-state index is 12.0. The number of amides is 1. The number of aliphatic hydroxyl groups is 1. The molecule has 2 N–H and O–H groups in total. The number of carbonyl (C=O) groups is 1. The van der Waals surface area contributed by atoms with Gasteiger partial charge in [-0.05, 0) is 38.0 Å². The van der Waals surface area contributed by atoms with Crippen LogP contribution in [0, 0.1) is 0 Å². The summed E-state index contributed by atoms with van der Waals surface area (Å²) in [5.74, 6) is -0.0459. The fourth-order valence-corrected chi connectivity index (χ4v) is 2.08. The second-order valence-corrected chi connectivity index (χ2v) is 5.28. The molecule has 0 saturated heterocycles. The number of benzene rings is 1. The van der Waals surface area contributed by atoms with E-state index in [0.29, 0.717) is 13.1 Å². The van der Waals surface area contributed by atoms with Crippen molar-refractivity contribution in [2.75, 3.05) is 25.0 Å². The van der Waals surface area contributed by atoms with Crippen molar-refractivity contribution in [3.05, 3.63) is 29.8 Å². The molecule has 0 unspecified atom stereocenters. The molecule has 0 atom stereocenters. The van der Waals surface area contributed by atoms with Crippen LogP contribution in [0.4, 0.5) is 5.69 Å². The van der Waals surface area contributed by atoms with Gasteiger partial charge in [0.15, 0.2) is 0 Å². The Morgan fingerprint density at radius 3 is 2.45 bits per heavy atom. The Kier molecular flexibility index (Phi) is 7.26. The highest BCUT2D eigenvalue weighted by Gasteiger charge is 2.13. The third-order valence-corrected chi connectivity index (χ3v) is 3.24. The van der Waals surface area contributed by atoms with Gasteiger partial charge in [-0.2, -0.15) is 0 Å². The molecule has 0 heterocycles. The number of hydrogen-bond acceptors (Lipinski definition) is 3. The van der Waals surface area contributed by atoms with Crippen LogP contribution in [0.1, 0.15) is 32.8 Å². The highest BCUT2D eigenvalue weighted by Crippen LogP contribution is 2.11. The predicted octanol–water partition coefficient (Wildman–Crippen LogP) is 2.28. The van der Waals surface area contributed by atoms with Crippen molar-refractivity contribution in [3.8, 4) is 0 Å². The number of aryl methyl sites for hydroxylation is 1. The normalized spacial score (nSPS) is 11.1. The van der Waals surface area contributed by atoms with Crippen LogP contribution in [0.2, 0.25) is 0 Å². The van der Waals surface area contributed by atoms with E-state index in [1.807, 2.05) is 43.0 Å². The molecule has 0 bridgehead atoms. The molecular formula is C16H26N2O2. The Labute approximate surface area is 121 Å². The van der Waals surface area contributed by atoms with Crippen LogP contribution in [0.3, 0.4) is 0 Å². The number of hydrogen-bond donors (Lipinski definition) is 2. The molecule has 1 rings (SSSR count). The van der Waals surface area contributed by atoms with Gasteiger partial charge in [0, 0.05) is 18.3 Å². The van der Waals surface area contributed by atoms with Gasteiger partial charge in [-0.1, -0.05) is 25.5 Å². The van der Waals surface area contributed by atoms with Crippen molar-refractivity contribution in [2.24, 2.45) is 0 Å². The Hall–Kier alpha value is -1.39. The van der Waals surface area contributed by atoms with Crippen LogP contribution >= 0.6 is 0 Å². The van der Waals surface area contributed by atoms with E-state index >= 15 is 0 Å². The van der Waals surface area contributed by atoms with Crippen LogP contribution in [-0.2, 0) is 11.2 Å². The molecule has 1 aromatic carbocycles. The van der Waals surface area contributed by atoms with E-state index in [9.17, 15) is 4.79 Å². The molecule has 4 heteroatoms. The minimum atomic E-state index is -0.0459. The average Bonchev–Trinajstić information content (AvgIpc) is 2.40. The first-order valence-electron chi connectivity index (χ1n) is 7.30. The van der Waals surface area contributed by atoms with Gasteiger partial charge in [0.2, 0.25) is 5.91 Å². The molecule has 1 amide bonds. The largest absolute Gasteiger partial charge is 0.395 e. The first kappa shape index (κ1) is 16.7. The summed E-state index contributed by atoms with van der Waals surface area (Å²) in [5.41, 5.74) is 2.11. The highest BCUT2D eigenvalue weighted by molar-refractivity contribution is 5.92. The fourth-order valence-electron chi connectivity index (χ4n) is 2.08. The molecule has 1 aromatic rings. The quantitative estimate of drug-likeness (QED) is 0.767. The molecule has 0 fully saturated rings. The fraction of sp³-hybridized carbons (Fsp3) is 0.562. The number of anilines is 1. The first-order valence-corrected chi connectivity index (χ1v) is 7.30. The molecule has 0 radical (unpaired) electrons. The molecule has 0 spiro atoms. The lowest BCUT2D eigenvalue weighted by atomic mass is 10.1. The van der Waals surface area contributed by atoms with Gasteiger partial charge in [0.1, 0.15) is 0 Å². The van der Waals surface area contributed by atoms with Crippen molar-refractivity contribution in [2.45, 2.75) is 39.7 Å². The second-order valence-electron chi connectivity index (χ2n) is 5.28. The number of rotatable bonds is 8. The van der Waals surface area contributed by atoms with Gasteiger partial charge in [0.05, 0.1) is 13.2 Å². The number of carbonyl (C=O) groups excluding carboxylic acids is 1. The van der Waals surface area contributed by atoms with Gasteiger partial charge in [-0.15, -0.1) is 0 Å². The van der Waals surface area contributed by atoms with Gasteiger partial charge in [0.25, 0.3) is 0 Å². The summed E-state index contributed by atoms with van der Waals surface area (Å²) in [6.07, 6.45) is 2.18. The van der Waals surface area contributed by atoms with Crippen LogP contribution in [0.25, 0.3) is 0 Å². The van der Waals surface area contributed by atoms with E-state index in [4.69, 9.17) is 5.11 Å². The SMILES string of the molecule is CCCc1ccc(NC(=O)CN(CCO)C(C)C)cc1. The van der Waals surface area contributed by atoms with E-state index < -0.39 is 0 Å². The molecule has 112 valence electrons. The third-order valence-electron chi connectivity index (χ3n) is 3.24. The van der Waals surface area contributed by atoms with Crippen molar-refractivity contribution in [1.82, 2.24) is 4.90 Å². The summed E-state index contributed by atoms with van der Waals surface area (Å²) < 4.78 is 0. The van der Waals surface area contributed by atoms with E-state index in [-0.39, 0.29) is 18.6 Å². The van der Waals surface area contributed by atoms with Crippen LogP contribution < -0.4 is 5.32 Å². The first-order chi connectivity index (χ1) is 9.56. The molecule has 4 nitrogen and oxygen atoms in total. The van der Waals surface area contributed by atoms with E-state index in [0.717, 1.165) is 18.5 Å². The Bertz CT molecular complexity index is 401. The van der Waals surface area contributed by atoms with Crippen molar-refractivity contribution >= 4 is 11.6 Å². The Morgan fingerprint density at radius 2 is 1.95 bits per heavy atom. The lowest BCUT2D eigenvalue weighted by Gasteiger charge is -2.24. The topological polar surface area (TPSA) is 52.6 Å². The molecule has 0 aliphatic heterocycles. The number of aliphatic hydroxyl groups excluding tert-OH is 1. The summed E-state index contributed by atoms with van der Waals surface area (Å²) in [4.78, 5) is 13.9. The van der Waals surface area contributed by atoms with E-state index in [1.54, 1.807) is 0 Å². The Balaban J connectivity index is 2.52.